The molecule has 0 atom stereocenters. The molecular formula is C22H35N5S. The predicted octanol–water partition coefficient (Wildman–Crippen LogP) is 4.36. The van der Waals surface area contributed by atoms with Gasteiger partial charge >= 0.3 is 0 Å². The maximum atomic E-state index is 4.72. The summed E-state index contributed by atoms with van der Waals surface area (Å²) in [5, 5.41) is 9.94. The van der Waals surface area contributed by atoms with Crippen LogP contribution in [0, 0.1) is 0 Å². The van der Waals surface area contributed by atoms with Gasteiger partial charge in [-0.1, -0.05) is 52.0 Å². The van der Waals surface area contributed by atoms with Gasteiger partial charge in [0.1, 0.15) is 5.01 Å². The lowest BCUT2D eigenvalue weighted by Gasteiger charge is -2.18. The number of hydrogen-bond acceptors (Lipinski definition) is 4. The number of rotatable bonds is 10. The summed E-state index contributed by atoms with van der Waals surface area (Å²) in [7, 11) is 0. The summed E-state index contributed by atoms with van der Waals surface area (Å²) in [4.78, 5) is 11.8. The normalized spacial score (nSPS) is 12.0. The van der Waals surface area contributed by atoms with Gasteiger partial charge < -0.3 is 10.6 Å². The molecular weight excluding hydrogens is 366 g/mol. The molecule has 0 unspecified atom stereocenters. The van der Waals surface area contributed by atoms with Crippen molar-refractivity contribution >= 4 is 17.3 Å². The summed E-state index contributed by atoms with van der Waals surface area (Å²) in [5.74, 6) is 1.30. The van der Waals surface area contributed by atoms with Crippen LogP contribution in [0.1, 0.15) is 62.4 Å². The predicted molar refractivity (Wildman–Crippen MR) is 121 cm³/mol. The van der Waals surface area contributed by atoms with Crippen LogP contribution in [0.15, 0.2) is 34.6 Å². The van der Waals surface area contributed by atoms with Gasteiger partial charge in [-0.25, -0.2) is 9.98 Å². The van der Waals surface area contributed by atoms with Crippen molar-refractivity contribution in [2.75, 3.05) is 19.6 Å². The lowest BCUT2D eigenvalue weighted by molar-refractivity contribution is 0.296. The van der Waals surface area contributed by atoms with Gasteiger partial charge in [0.15, 0.2) is 5.96 Å². The molecule has 0 amide bonds. The first-order valence-electron chi connectivity index (χ1n) is 10.3. The van der Waals surface area contributed by atoms with Crippen LogP contribution >= 0.6 is 11.3 Å². The molecule has 0 aliphatic carbocycles. The van der Waals surface area contributed by atoms with Crippen LogP contribution in [0.5, 0.6) is 0 Å². The van der Waals surface area contributed by atoms with E-state index >= 15 is 0 Å². The molecule has 0 fully saturated rings. The lowest BCUT2D eigenvalue weighted by Crippen LogP contribution is -2.36. The number of aromatic nitrogens is 1. The summed E-state index contributed by atoms with van der Waals surface area (Å²) < 4.78 is 0. The molecule has 6 heteroatoms. The monoisotopic (exact) mass is 401 g/mol. The Bertz CT molecular complexity index is 717. The lowest BCUT2D eigenvalue weighted by atomic mass is 10.1. The molecule has 0 saturated carbocycles. The molecule has 0 aliphatic heterocycles. The third-order valence-electron chi connectivity index (χ3n) is 4.66. The first-order chi connectivity index (χ1) is 13.5. The fourth-order valence-corrected chi connectivity index (χ4v) is 3.69. The Morgan fingerprint density at radius 2 is 1.75 bits per heavy atom. The Balaban J connectivity index is 1.92. The van der Waals surface area contributed by atoms with E-state index in [2.05, 4.69) is 84.8 Å². The first kappa shape index (κ1) is 22.4. The number of nitrogens with one attached hydrogen (secondary N) is 2. The summed E-state index contributed by atoms with van der Waals surface area (Å²) in [6, 6.07) is 8.79. The summed E-state index contributed by atoms with van der Waals surface area (Å²) in [6.45, 7) is 16.2. The number of thiazole rings is 1. The number of aliphatic imine (C=N–C) groups is 1. The van der Waals surface area contributed by atoms with Gasteiger partial charge in [0.2, 0.25) is 0 Å². The van der Waals surface area contributed by atoms with Gasteiger partial charge in [0, 0.05) is 18.5 Å². The molecule has 2 rings (SSSR count). The first-order valence-corrected chi connectivity index (χ1v) is 11.2. The van der Waals surface area contributed by atoms with Gasteiger partial charge in [-0.05, 0) is 37.1 Å². The number of nitrogens with zero attached hydrogens (tertiary/aromatic N) is 3. The highest BCUT2D eigenvalue weighted by Crippen LogP contribution is 2.17. The van der Waals surface area contributed by atoms with Gasteiger partial charge in [-0.3, -0.25) is 4.90 Å². The Labute approximate surface area is 174 Å². The molecule has 5 nitrogen and oxygen atoms in total. The molecule has 0 aliphatic rings. The van der Waals surface area contributed by atoms with Crippen molar-refractivity contribution in [3.05, 3.63) is 51.5 Å². The van der Waals surface area contributed by atoms with E-state index in [-0.39, 0.29) is 0 Å². The van der Waals surface area contributed by atoms with Gasteiger partial charge in [0.25, 0.3) is 0 Å². The molecule has 0 bridgehead atoms. The molecule has 28 heavy (non-hydrogen) atoms. The molecule has 2 N–H and O–H groups in total. The van der Waals surface area contributed by atoms with Crippen molar-refractivity contribution < 1.29 is 0 Å². The minimum absolute atomic E-state index is 0.469. The third kappa shape index (κ3) is 7.24. The fourth-order valence-electron chi connectivity index (χ4n) is 2.80. The van der Waals surface area contributed by atoms with Crippen LogP contribution in [0.4, 0.5) is 0 Å². The highest BCUT2D eigenvalue weighted by molar-refractivity contribution is 7.09. The van der Waals surface area contributed by atoms with Crippen molar-refractivity contribution in [3.63, 3.8) is 0 Å². The van der Waals surface area contributed by atoms with E-state index in [1.54, 1.807) is 11.3 Å². The van der Waals surface area contributed by atoms with Crippen LogP contribution in [0.3, 0.4) is 0 Å². The smallest absolute Gasteiger partial charge is 0.191 e. The van der Waals surface area contributed by atoms with Crippen LogP contribution in [0.2, 0.25) is 0 Å². The fraction of sp³-hybridized carbons (Fsp3) is 0.545. The minimum atomic E-state index is 0.469. The van der Waals surface area contributed by atoms with Crippen molar-refractivity contribution in [2.24, 2.45) is 4.99 Å². The van der Waals surface area contributed by atoms with Crippen LogP contribution in [-0.4, -0.2) is 35.5 Å². The summed E-state index contributed by atoms with van der Waals surface area (Å²) >= 11 is 1.70. The van der Waals surface area contributed by atoms with E-state index in [0.717, 1.165) is 42.8 Å². The van der Waals surface area contributed by atoms with E-state index in [1.165, 1.54) is 11.1 Å². The molecule has 2 aromatic rings. The summed E-state index contributed by atoms with van der Waals surface area (Å²) in [5.41, 5.74) is 3.73. The second-order valence-corrected chi connectivity index (χ2v) is 8.09. The quantitative estimate of drug-likeness (QED) is 0.459. The maximum Gasteiger partial charge on any atom is 0.191 e. The Kier molecular flexibility index (Phi) is 9.44. The second kappa shape index (κ2) is 11.8. The highest BCUT2D eigenvalue weighted by Gasteiger charge is 2.06. The average molecular weight is 402 g/mol. The zero-order valence-electron chi connectivity index (χ0n) is 18.0. The minimum Gasteiger partial charge on any atom is -0.357 e. The van der Waals surface area contributed by atoms with E-state index in [1.807, 2.05) is 0 Å². The summed E-state index contributed by atoms with van der Waals surface area (Å²) in [6.07, 6.45) is 0. The van der Waals surface area contributed by atoms with Crippen molar-refractivity contribution in [2.45, 2.75) is 60.2 Å². The van der Waals surface area contributed by atoms with E-state index < -0.39 is 0 Å². The van der Waals surface area contributed by atoms with E-state index in [9.17, 15) is 0 Å². The number of hydrogen-bond donors (Lipinski definition) is 2. The van der Waals surface area contributed by atoms with Crippen molar-refractivity contribution in [3.8, 4) is 0 Å². The molecule has 0 saturated heterocycles. The molecule has 1 aromatic carbocycles. The van der Waals surface area contributed by atoms with E-state index in [0.29, 0.717) is 19.0 Å². The Hall–Kier alpha value is -1.92. The molecule has 0 radical (unpaired) electrons. The zero-order chi connectivity index (χ0) is 20.4. The Morgan fingerprint density at radius 3 is 2.32 bits per heavy atom. The number of benzene rings is 1. The molecule has 0 spiro atoms. The average Bonchev–Trinajstić information content (AvgIpc) is 3.18. The SMILES string of the molecule is CCNC(=NCc1ccc(CN(CC)CC)cc1)NCc1nc(C(C)C)cs1. The number of guanidine groups is 1. The maximum absolute atomic E-state index is 4.72. The van der Waals surface area contributed by atoms with Gasteiger partial charge in [-0.2, -0.15) is 0 Å². The van der Waals surface area contributed by atoms with Gasteiger partial charge in [0.05, 0.1) is 18.8 Å². The molecule has 1 heterocycles. The van der Waals surface area contributed by atoms with Crippen molar-refractivity contribution in [1.29, 1.82) is 0 Å². The van der Waals surface area contributed by atoms with Crippen LogP contribution in [-0.2, 0) is 19.6 Å². The second-order valence-electron chi connectivity index (χ2n) is 7.15. The standard InChI is InChI=1S/C22H35N5S/c1-6-23-22(25-14-21-26-20(16-28-21)17(4)5)24-13-18-9-11-19(12-10-18)15-27(7-2)8-3/h9-12,16-17H,6-8,13-15H2,1-5H3,(H2,23,24,25). The van der Waals surface area contributed by atoms with Crippen molar-refractivity contribution in [1.82, 2.24) is 20.5 Å². The topological polar surface area (TPSA) is 52.6 Å². The highest BCUT2D eigenvalue weighted by atomic mass is 32.1. The largest absolute Gasteiger partial charge is 0.357 e. The van der Waals surface area contributed by atoms with Crippen LogP contribution < -0.4 is 10.6 Å². The van der Waals surface area contributed by atoms with E-state index in [4.69, 9.17) is 4.99 Å². The van der Waals surface area contributed by atoms with Gasteiger partial charge in [-0.15, -0.1) is 11.3 Å². The third-order valence-corrected chi connectivity index (χ3v) is 5.52. The van der Waals surface area contributed by atoms with Crippen LogP contribution in [0.25, 0.3) is 0 Å². The molecule has 1 aromatic heterocycles. The zero-order valence-corrected chi connectivity index (χ0v) is 18.8. The molecule has 154 valence electrons. The Morgan fingerprint density at radius 1 is 1.07 bits per heavy atom.